The van der Waals surface area contributed by atoms with Crippen LogP contribution in [0.25, 0.3) is 0 Å². The van der Waals surface area contributed by atoms with Gasteiger partial charge in [0.2, 0.25) is 11.8 Å². The van der Waals surface area contributed by atoms with Gasteiger partial charge in [-0.25, -0.2) is 4.79 Å². The lowest BCUT2D eigenvalue weighted by molar-refractivity contribution is -0.141. The Hall–Kier alpha value is -2.57. The molecule has 3 heterocycles. The molecule has 7 heteroatoms. The number of likely N-dealkylation sites (tertiary alicyclic amines) is 3. The first-order chi connectivity index (χ1) is 13.5. The zero-order chi connectivity index (χ0) is 19.7. The molecule has 150 valence electrons. The fourth-order valence-electron chi connectivity index (χ4n) is 4.88. The summed E-state index contributed by atoms with van der Waals surface area (Å²) in [5.41, 5.74) is 0.390. The maximum Gasteiger partial charge on any atom is 0.317 e. The van der Waals surface area contributed by atoms with Crippen LogP contribution in [0.3, 0.4) is 0 Å². The van der Waals surface area contributed by atoms with Crippen LogP contribution in [-0.4, -0.2) is 71.8 Å². The van der Waals surface area contributed by atoms with Crippen molar-refractivity contribution in [2.75, 3.05) is 39.3 Å². The zero-order valence-electron chi connectivity index (χ0n) is 16.4. The number of carbonyl (C=O) groups is 3. The van der Waals surface area contributed by atoms with Gasteiger partial charge in [-0.05, 0) is 18.4 Å². The fraction of sp³-hybridized carbons (Fsp3) is 0.571. The zero-order valence-corrected chi connectivity index (χ0v) is 16.4. The van der Waals surface area contributed by atoms with E-state index in [1.54, 1.807) is 16.7 Å². The molecule has 3 fully saturated rings. The van der Waals surface area contributed by atoms with Gasteiger partial charge in [0, 0.05) is 58.7 Å². The van der Waals surface area contributed by atoms with E-state index in [1.807, 2.05) is 35.2 Å². The normalized spacial score (nSPS) is 26.5. The summed E-state index contributed by atoms with van der Waals surface area (Å²) in [5, 5.41) is 2.97. The number of fused-ring (bicyclic) bond motifs is 1. The predicted octanol–water partition coefficient (Wildman–Crippen LogP) is 1.30. The number of hydrogen-bond acceptors (Lipinski definition) is 3. The van der Waals surface area contributed by atoms with Crippen LogP contribution in [-0.2, 0) is 16.1 Å². The van der Waals surface area contributed by atoms with Crippen molar-refractivity contribution < 1.29 is 14.4 Å². The van der Waals surface area contributed by atoms with Crippen molar-refractivity contribution in [3.63, 3.8) is 0 Å². The first-order valence-electron chi connectivity index (χ1n) is 10.1. The molecule has 3 aliphatic rings. The van der Waals surface area contributed by atoms with Gasteiger partial charge in [-0.2, -0.15) is 0 Å². The van der Waals surface area contributed by atoms with Gasteiger partial charge in [-0.3, -0.25) is 9.59 Å². The van der Waals surface area contributed by atoms with Crippen molar-refractivity contribution in [2.45, 2.75) is 26.3 Å². The smallest absolute Gasteiger partial charge is 0.317 e. The molecule has 0 bridgehead atoms. The van der Waals surface area contributed by atoms with Crippen molar-refractivity contribution in [1.29, 1.82) is 0 Å². The highest BCUT2D eigenvalue weighted by Gasteiger charge is 2.59. The minimum Gasteiger partial charge on any atom is -0.342 e. The van der Waals surface area contributed by atoms with E-state index in [-0.39, 0.29) is 23.8 Å². The number of nitrogens with zero attached hydrogens (tertiary/aromatic N) is 3. The standard InChI is InChI=1S/C21H28N4O3/c1-16(26)24-12-18-13-25(20(28)22-11-17-7-3-2-4-8-17)15-21(18,14-24)19(27)23-9-5-6-10-23/h2-4,7-8,18H,5-6,9-15H2,1H3,(H,22,28)/t18-,21-/m0/s1. The van der Waals surface area contributed by atoms with Crippen molar-refractivity contribution in [3.05, 3.63) is 35.9 Å². The Morgan fingerprint density at radius 2 is 1.64 bits per heavy atom. The van der Waals surface area contributed by atoms with Gasteiger partial charge in [0.1, 0.15) is 0 Å². The molecule has 1 N–H and O–H groups in total. The predicted molar refractivity (Wildman–Crippen MR) is 104 cm³/mol. The number of hydrogen-bond donors (Lipinski definition) is 1. The molecule has 28 heavy (non-hydrogen) atoms. The molecule has 4 rings (SSSR count). The third kappa shape index (κ3) is 3.34. The molecule has 1 aromatic rings. The van der Waals surface area contributed by atoms with Crippen molar-refractivity contribution >= 4 is 17.8 Å². The van der Waals surface area contributed by atoms with Crippen LogP contribution >= 0.6 is 0 Å². The van der Waals surface area contributed by atoms with E-state index in [4.69, 9.17) is 0 Å². The Morgan fingerprint density at radius 1 is 1.00 bits per heavy atom. The molecule has 0 aliphatic carbocycles. The average molecular weight is 384 g/mol. The molecule has 4 amide bonds. The van der Waals surface area contributed by atoms with Gasteiger partial charge in [0.15, 0.2) is 0 Å². The van der Waals surface area contributed by atoms with E-state index >= 15 is 0 Å². The highest BCUT2D eigenvalue weighted by Crippen LogP contribution is 2.44. The van der Waals surface area contributed by atoms with E-state index in [0.717, 1.165) is 31.5 Å². The summed E-state index contributed by atoms with van der Waals surface area (Å²) >= 11 is 0. The number of benzene rings is 1. The molecular weight excluding hydrogens is 356 g/mol. The summed E-state index contributed by atoms with van der Waals surface area (Å²) in [7, 11) is 0. The van der Waals surface area contributed by atoms with Gasteiger partial charge in [-0.15, -0.1) is 0 Å². The Bertz CT molecular complexity index is 762. The largest absolute Gasteiger partial charge is 0.342 e. The molecule has 0 saturated carbocycles. The average Bonchev–Trinajstić information content (AvgIpc) is 3.40. The minimum atomic E-state index is -0.653. The van der Waals surface area contributed by atoms with E-state index < -0.39 is 5.41 Å². The summed E-state index contributed by atoms with van der Waals surface area (Å²) in [6.45, 7) is 5.47. The van der Waals surface area contributed by atoms with Crippen LogP contribution in [0.15, 0.2) is 30.3 Å². The van der Waals surface area contributed by atoms with Crippen molar-refractivity contribution in [2.24, 2.45) is 11.3 Å². The molecule has 3 aliphatic heterocycles. The number of nitrogens with one attached hydrogen (secondary N) is 1. The number of carbonyl (C=O) groups excluding carboxylic acids is 3. The van der Waals surface area contributed by atoms with E-state index in [1.165, 1.54) is 0 Å². The van der Waals surface area contributed by atoms with E-state index in [0.29, 0.717) is 32.7 Å². The highest BCUT2D eigenvalue weighted by molar-refractivity contribution is 5.88. The van der Waals surface area contributed by atoms with Crippen LogP contribution < -0.4 is 5.32 Å². The molecule has 0 aromatic heterocycles. The lowest BCUT2D eigenvalue weighted by atomic mass is 9.79. The lowest BCUT2D eigenvalue weighted by Gasteiger charge is -2.32. The Balaban J connectivity index is 1.47. The van der Waals surface area contributed by atoms with Crippen molar-refractivity contribution in [1.82, 2.24) is 20.0 Å². The van der Waals surface area contributed by atoms with Gasteiger partial charge < -0.3 is 20.0 Å². The molecule has 3 saturated heterocycles. The summed E-state index contributed by atoms with van der Waals surface area (Å²) in [4.78, 5) is 43.6. The molecular formula is C21H28N4O3. The Morgan fingerprint density at radius 3 is 2.32 bits per heavy atom. The topological polar surface area (TPSA) is 73.0 Å². The second-order valence-electron chi connectivity index (χ2n) is 8.28. The number of urea groups is 1. The molecule has 1 aromatic carbocycles. The van der Waals surface area contributed by atoms with Gasteiger partial charge >= 0.3 is 6.03 Å². The third-order valence-corrected chi connectivity index (χ3v) is 6.45. The maximum atomic E-state index is 13.4. The van der Waals surface area contributed by atoms with Crippen LogP contribution in [0.2, 0.25) is 0 Å². The first-order valence-corrected chi connectivity index (χ1v) is 10.1. The van der Waals surface area contributed by atoms with E-state index in [9.17, 15) is 14.4 Å². The maximum absolute atomic E-state index is 13.4. The van der Waals surface area contributed by atoms with Crippen LogP contribution in [0.4, 0.5) is 4.79 Å². The monoisotopic (exact) mass is 384 g/mol. The molecule has 0 spiro atoms. The van der Waals surface area contributed by atoms with E-state index in [2.05, 4.69) is 5.32 Å². The van der Waals surface area contributed by atoms with Crippen LogP contribution in [0.1, 0.15) is 25.3 Å². The van der Waals surface area contributed by atoms with Crippen molar-refractivity contribution in [3.8, 4) is 0 Å². The minimum absolute atomic E-state index is 0.00285. The first kappa shape index (κ1) is 18.8. The van der Waals surface area contributed by atoms with Gasteiger partial charge in [0.25, 0.3) is 0 Å². The lowest BCUT2D eigenvalue weighted by Crippen LogP contribution is -2.50. The van der Waals surface area contributed by atoms with Crippen LogP contribution in [0.5, 0.6) is 0 Å². The Kier molecular flexibility index (Phi) is 5.00. The quantitative estimate of drug-likeness (QED) is 0.854. The van der Waals surface area contributed by atoms with Gasteiger partial charge in [-0.1, -0.05) is 30.3 Å². The third-order valence-electron chi connectivity index (χ3n) is 6.45. The van der Waals surface area contributed by atoms with Crippen LogP contribution in [0, 0.1) is 11.3 Å². The number of rotatable bonds is 3. The molecule has 7 nitrogen and oxygen atoms in total. The summed E-state index contributed by atoms with van der Waals surface area (Å²) < 4.78 is 0. The summed E-state index contributed by atoms with van der Waals surface area (Å²) in [5.74, 6) is 0.132. The molecule has 0 unspecified atom stereocenters. The summed E-state index contributed by atoms with van der Waals surface area (Å²) in [6.07, 6.45) is 2.06. The Labute approximate surface area is 165 Å². The molecule has 0 radical (unpaired) electrons. The second kappa shape index (κ2) is 7.45. The van der Waals surface area contributed by atoms with Gasteiger partial charge in [0.05, 0.1) is 5.41 Å². The highest BCUT2D eigenvalue weighted by atomic mass is 16.2. The fourth-order valence-corrected chi connectivity index (χ4v) is 4.88. The second-order valence-corrected chi connectivity index (χ2v) is 8.28. The SMILES string of the molecule is CC(=O)N1C[C@H]2CN(C(=O)NCc3ccccc3)C[C@@]2(C(=O)N2CCCC2)C1. The molecule has 2 atom stereocenters. The summed E-state index contributed by atoms with van der Waals surface area (Å²) in [6, 6.07) is 9.65. The number of amides is 4.